The van der Waals surface area contributed by atoms with Crippen LogP contribution in [-0.2, 0) is 0 Å². The van der Waals surface area contributed by atoms with Crippen LogP contribution in [0.5, 0.6) is 0 Å². The minimum absolute atomic E-state index is 0.103. The van der Waals surface area contributed by atoms with Crippen molar-refractivity contribution in [3.8, 4) is 0 Å². The van der Waals surface area contributed by atoms with Gasteiger partial charge in [-0.15, -0.1) is 0 Å². The number of H-pyrrole nitrogens is 1. The highest BCUT2D eigenvalue weighted by Crippen LogP contribution is 2.22. The van der Waals surface area contributed by atoms with E-state index in [1.807, 2.05) is 0 Å². The number of aromatic nitrogens is 2. The predicted molar refractivity (Wildman–Crippen MR) is 68.9 cm³/mol. The number of hydrogen-bond acceptors (Lipinski definition) is 4. The molecule has 100 valence electrons. The van der Waals surface area contributed by atoms with Gasteiger partial charge in [0, 0.05) is 29.6 Å². The number of rotatable bonds is 4. The second kappa shape index (κ2) is 5.94. The Labute approximate surface area is 112 Å². The molecule has 0 spiro atoms. The Kier molecular flexibility index (Phi) is 4.28. The van der Waals surface area contributed by atoms with Crippen LogP contribution in [0.2, 0.25) is 0 Å². The van der Waals surface area contributed by atoms with Gasteiger partial charge in [-0.1, -0.05) is 11.8 Å². The van der Waals surface area contributed by atoms with Gasteiger partial charge in [0.25, 0.3) is 5.56 Å². The monoisotopic (exact) mass is 283 g/mol. The fourth-order valence-electron chi connectivity index (χ4n) is 1.48. The largest absolute Gasteiger partial charge is 0.323 e. The fourth-order valence-corrected chi connectivity index (χ4v) is 2.31. The van der Waals surface area contributed by atoms with E-state index < -0.39 is 17.7 Å². The molecule has 1 atom stereocenters. The molecule has 2 rings (SSSR count). The van der Waals surface area contributed by atoms with Crippen LogP contribution in [0.1, 0.15) is 11.6 Å². The minimum Gasteiger partial charge on any atom is -0.323 e. The van der Waals surface area contributed by atoms with E-state index in [1.54, 1.807) is 0 Å². The van der Waals surface area contributed by atoms with Crippen LogP contribution in [-0.4, -0.2) is 15.7 Å². The van der Waals surface area contributed by atoms with Crippen LogP contribution in [0.3, 0.4) is 0 Å². The minimum atomic E-state index is -0.689. The summed E-state index contributed by atoms with van der Waals surface area (Å²) < 4.78 is 26.5. The van der Waals surface area contributed by atoms with Gasteiger partial charge in [-0.25, -0.2) is 13.8 Å². The molecule has 2 aromatic rings. The number of thioether (sulfide) groups is 1. The number of hydrogen-bond donors (Lipinski definition) is 2. The lowest BCUT2D eigenvalue weighted by Gasteiger charge is -2.12. The summed E-state index contributed by atoms with van der Waals surface area (Å²) in [4.78, 5) is 17.5. The molecular formula is C12H11F2N3OS. The zero-order chi connectivity index (χ0) is 13.8. The third kappa shape index (κ3) is 3.62. The number of nitrogens with two attached hydrogens (primary N) is 1. The first-order chi connectivity index (χ1) is 9.06. The number of nitrogens with one attached hydrogen (secondary N) is 1. The standard InChI is InChI=1S/C12H11F2N3OS/c13-7-1-2-9(14)8(5-7)10(15)6-19-12-16-4-3-11(18)17-12/h1-5,10H,6,15H2,(H,16,17,18). The Bertz CT molecular complexity index is 632. The fraction of sp³-hybridized carbons (Fsp3) is 0.167. The number of nitrogens with zero attached hydrogens (tertiary/aromatic N) is 1. The van der Waals surface area contributed by atoms with E-state index in [9.17, 15) is 13.6 Å². The van der Waals surface area contributed by atoms with Crippen molar-refractivity contribution in [2.75, 3.05) is 5.75 Å². The molecule has 1 heterocycles. The predicted octanol–water partition coefficient (Wildman–Crippen LogP) is 1.84. The maximum atomic E-state index is 13.5. The van der Waals surface area contributed by atoms with Crippen molar-refractivity contribution in [3.63, 3.8) is 0 Å². The van der Waals surface area contributed by atoms with Gasteiger partial charge in [0.2, 0.25) is 0 Å². The molecule has 7 heteroatoms. The quantitative estimate of drug-likeness (QED) is 0.663. The lowest BCUT2D eigenvalue weighted by Crippen LogP contribution is -2.16. The van der Waals surface area contributed by atoms with Gasteiger partial charge >= 0.3 is 0 Å². The topological polar surface area (TPSA) is 71.8 Å². The summed E-state index contributed by atoms with van der Waals surface area (Å²) in [6.07, 6.45) is 1.37. The van der Waals surface area contributed by atoms with Crippen LogP contribution < -0.4 is 11.3 Å². The van der Waals surface area contributed by atoms with Crippen molar-refractivity contribution in [2.24, 2.45) is 5.73 Å². The third-order valence-electron chi connectivity index (χ3n) is 2.40. The Morgan fingerprint density at radius 1 is 1.37 bits per heavy atom. The van der Waals surface area contributed by atoms with Gasteiger partial charge < -0.3 is 10.7 Å². The van der Waals surface area contributed by atoms with Crippen molar-refractivity contribution in [1.82, 2.24) is 9.97 Å². The Hall–Kier alpha value is -1.73. The van der Waals surface area contributed by atoms with Crippen molar-refractivity contribution in [3.05, 3.63) is 58.0 Å². The molecule has 0 aliphatic carbocycles. The molecule has 0 saturated carbocycles. The van der Waals surface area contributed by atoms with Crippen molar-refractivity contribution in [1.29, 1.82) is 0 Å². The molecule has 0 radical (unpaired) electrons. The molecule has 1 aromatic heterocycles. The molecular weight excluding hydrogens is 272 g/mol. The van der Waals surface area contributed by atoms with E-state index in [0.29, 0.717) is 5.16 Å². The maximum absolute atomic E-state index is 13.5. The molecule has 0 fully saturated rings. The molecule has 0 aliphatic heterocycles. The second-order valence-electron chi connectivity index (χ2n) is 3.82. The first-order valence-corrected chi connectivity index (χ1v) is 6.43. The highest BCUT2D eigenvalue weighted by Gasteiger charge is 2.13. The van der Waals surface area contributed by atoms with Gasteiger partial charge in [-0.05, 0) is 18.2 Å². The van der Waals surface area contributed by atoms with E-state index in [2.05, 4.69) is 9.97 Å². The average Bonchev–Trinajstić information content (AvgIpc) is 2.39. The second-order valence-corrected chi connectivity index (χ2v) is 4.83. The van der Waals surface area contributed by atoms with Gasteiger partial charge in [0.15, 0.2) is 5.16 Å². The van der Waals surface area contributed by atoms with Crippen LogP contribution in [0.4, 0.5) is 8.78 Å². The summed E-state index contributed by atoms with van der Waals surface area (Å²) >= 11 is 1.17. The van der Waals surface area contributed by atoms with Crippen molar-refractivity contribution >= 4 is 11.8 Å². The molecule has 0 aliphatic rings. The van der Waals surface area contributed by atoms with E-state index >= 15 is 0 Å². The molecule has 1 aromatic carbocycles. The smallest absolute Gasteiger partial charge is 0.251 e. The average molecular weight is 283 g/mol. The third-order valence-corrected chi connectivity index (χ3v) is 3.41. The SMILES string of the molecule is NC(CSc1nccc(=O)[nH]1)c1cc(F)ccc1F. The van der Waals surface area contributed by atoms with Crippen LogP contribution >= 0.6 is 11.8 Å². The Morgan fingerprint density at radius 3 is 2.89 bits per heavy atom. The highest BCUT2D eigenvalue weighted by molar-refractivity contribution is 7.99. The Morgan fingerprint density at radius 2 is 2.16 bits per heavy atom. The van der Waals surface area contributed by atoms with E-state index in [1.165, 1.54) is 24.0 Å². The van der Waals surface area contributed by atoms with E-state index in [-0.39, 0.29) is 16.9 Å². The van der Waals surface area contributed by atoms with E-state index in [0.717, 1.165) is 18.2 Å². The van der Waals surface area contributed by atoms with Crippen LogP contribution in [0, 0.1) is 11.6 Å². The number of halogens is 2. The summed E-state index contributed by atoms with van der Waals surface area (Å²) in [5.41, 5.74) is 5.63. The summed E-state index contributed by atoms with van der Waals surface area (Å²) in [6, 6.07) is 3.75. The Balaban J connectivity index is 2.07. The van der Waals surface area contributed by atoms with Gasteiger partial charge in [-0.2, -0.15) is 0 Å². The molecule has 19 heavy (non-hydrogen) atoms. The number of benzene rings is 1. The first-order valence-electron chi connectivity index (χ1n) is 5.45. The van der Waals surface area contributed by atoms with Crippen molar-refractivity contribution < 1.29 is 8.78 Å². The van der Waals surface area contributed by atoms with Crippen LogP contribution in [0.25, 0.3) is 0 Å². The molecule has 3 N–H and O–H groups in total. The van der Waals surface area contributed by atoms with Gasteiger partial charge in [0.1, 0.15) is 11.6 Å². The first kappa shape index (κ1) is 13.7. The lowest BCUT2D eigenvalue weighted by molar-refractivity contribution is 0.573. The van der Waals surface area contributed by atoms with E-state index in [4.69, 9.17) is 5.73 Å². The lowest BCUT2D eigenvalue weighted by atomic mass is 10.1. The summed E-state index contributed by atoms with van der Waals surface area (Å²) in [5.74, 6) is -0.819. The zero-order valence-corrected chi connectivity index (χ0v) is 10.6. The molecule has 1 unspecified atom stereocenters. The summed E-state index contributed by atoms with van der Waals surface area (Å²) in [6.45, 7) is 0. The summed E-state index contributed by atoms with van der Waals surface area (Å²) in [5, 5.41) is 0.389. The number of aromatic amines is 1. The molecule has 4 nitrogen and oxygen atoms in total. The van der Waals surface area contributed by atoms with Gasteiger partial charge in [-0.3, -0.25) is 4.79 Å². The zero-order valence-electron chi connectivity index (χ0n) is 9.77. The highest BCUT2D eigenvalue weighted by atomic mass is 32.2. The molecule has 0 saturated heterocycles. The van der Waals surface area contributed by atoms with Crippen molar-refractivity contribution in [2.45, 2.75) is 11.2 Å². The van der Waals surface area contributed by atoms with Gasteiger partial charge in [0.05, 0.1) is 0 Å². The maximum Gasteiger partial charge on any atom is 0.251 e. The normalized spacial score (nSPS) is 12.4. The molecule has 0 bridgehead atoms. The molecule has 0 amide bonds. The van der Waals surface area contributed by atoms with Crippen LogP contribution in [0.15, 0.2) is 40.4 Å². The summed E-state index contributed by atoms with van der Waals surface area (Å²) in [7, 11) is 0.